The van der Waals surface area contributed by atoms with Gasteiger partial charge in [-0.15, -0.1) is 0 Å². The summed E-state index contributed by atoms with van der Waals surface area (Å²) in [5.41, 5.74) is 8.55. The average molecular weight is 449 g/mol. The molecule has 2 aliphatic rings. The third-order valence-corrected chi connectivity index (χ3v) is 6.46. The first-order valence-electron chi connectivity index (χ1n) is 10.3. The minimum atomic E-state index is 0.378. The van der Waals surface area contributed by atoms with Crippen molar-refractivity contribution in [1.29, 1.82) is 0 Å². The van der Waals surface area contributed by atoms with Crippen LogP contribution in [0.2, 0.25) is 0 Å². The van der Waals surface area contributed by atoms with Gasteiger partial charge in [0.05, 0.1) is 0 Å². The number of halogens is 1. The molecule has 1 aromatic carbocycles. The number of aryl methyl sites for hydroxylation is 1. The van der Waals surface area contributed by atoms with E-state index in [9.17, 15) is 0 Å². The Labute approximate surface area is 177 Å². The van der Waals surface area contributed by atoms with Gasteiger partial charge in [0, 0.05) is 24.5 Å². The summed E-state index contributed by atoms with van der Waals surface area (Å²) in [6, 6.07) is 9.56. The van der Waals surface area contributed by atoms with Crippen molar-refractivity contribution in [2.45, 2.75) is 44.0 Å². The molecule has 28 heavy (non-hydrogen) atoms. The van der Waals surface area contributed by atoms with Crippen LogP contribution in [0.3, 0.4) is 0 Å². The molecular weight excluding hydrogens is 416 g/mol. The van der Waals surface area contributed by atoms with E-state index in [1.165, 1.54) is 30.4 Å². The van der Waals surface area contributed by atoms with Gasteiger partial charge in [-0.25, -0.2) is 4.99 Å². The van der Waals surface area contributed by atoms with Crippen molar-refractivity contribution in [3.05, 3.63) is 35.4 Å². The summed E-state index contributed by atoms with van der Waals surface area (Å²) < 4.78 is 0. The lowest BCUT2D eigenvalue weighted by Gasteiger charge is -2.33. The molecule has 2 heterocycles. The third-order valence-electron chi connectivity index (χ3n) is 5.81. The SMILES string of the molecule is CC1CN(C2=NC(N)=NCN2)CCCC1N(C)CCCc1ccc(CBr)cc1. The quantitative estimate of drug-likeness (QED) is 0.656. The van der Waals surface area contributed by atoms with Gasteiger partial charge in [-0.1, -0.05) is 47.1 Å². The highest BCUT2D eigenvalue weighted by Gasteiger charge is 2.28. The van der Waals surface area contributed by atoms with Crippen LogP contribution in [0.25, 0.3) is 0 Å². The smallest absolute Gasteiger partial charge is 0.220 e. The van der Waals surface area contributed by atoms with Crippen molar-refractivity contribution in [3.8, 4) is 0 Å². The van der Waals surface area contributed by atoms with Gasteiger partial charge in [0.2, 0.25) is 11.9 Å². The van der Waals surface area contributed by atoms with Crippen LogP contribution >= 0.6 is 15.9 Å². The number of aliphatic imine (C=N–C) groups is 2. The van der Waals surface area contributed by atoms with E-state index >= 15 is 0 Å². The summed E-state index contributed by atoms with van der Waals surface area (Å²) >= 11 is 3.51. The van der Waals surface area contributed by atoms with E-state index in [1.807, 2.05) is 0 Å². The average Bonchev–Trinajstić information content (AvgIpc) is 2.90. The molecule has 2 atom stereocenters. The fraction of sp³-hybridized carbons (Fsp3) is 0.619. The van der Waals surface area contributed by atoms with Gasteiger partial charge >= 0.3 is 0 Å². The number of benzene rings is 1. The Balaban J connectivity index is 1.49. The molecule has 0 radical (unpaired) electrons. The summed E-state index contributed by atoms with van der Waals surface area (Å²) in [6.45, 7) is 6.04. The second kappa shape index (κ2) is 10.3. The van der Waals surface area contributed by atoms with Gasteiger partial charge in [0.1, 0.15) is 6.67 Å². The van der Waals surface area contributed by atoms with E-state index in [0.29, 0.717) is 24.6 Å². The minimum Gasteiger partial charge on any atom is -0.368 e. The zero-order valence-electron chi connectivity index (χ0n) is 17.1. The number of hydrogen-bond acceptors (Lipinski definition) is 6. The van der Waals surface area contributed by atoms with Crippen LogP contribution in [0.4, 0.5) is 0 Å². The normalized spacial score (nSPS) is 23.1. The first-order chi connectivity index (χ1) is 13.6. The Hall–Kier alpha value is -1.60. The molecule has 3 N–H and O–H groups in total. The molecule has 0 aliphatic carbocycles. The highest BCUT2D eigenvalue weighted by Crippen LogP contribution is 2.22. The lowest BCUT2D eigenvalue weighted by molar-refractivity contribution is 0.171. The van der Waals surface area contributed by atoms with Crippen LogP contribution in [-0.4, -0.2) is 61.1 Å². The molecule has 0 saturated carbocycles. The number of nitrogens with one attached hydrogen (secondary N) is 1. The Morgan fingerprint density at radius 3 is 2.75 bits per heavy atom. The van der Waals surface area contributed by atoms with Crippen LogP contribution in [0, 0.1) is 5.92 Å². The van der Waals surface area contributed by atoms with Crippen molar-refractivity contribution in [3.63, 3.8) is 0 Å². The van der Waals surface area contributed by atoms with Gasteiger partial charge in [-0.2, -0.15) is 4.99 Å². The van der Waals surface area contributed by atoms with Gasteiger partial charge in [-0.05, 0) is 56.3 Å². The van der Waals surface area contributed by atoms with Crippen LogP contribution in [0.15, 0.2) is 34.3 Å². The van der Waals surface area contributed by atoms with Gasteiger partial charge < -0.3 is 20.9 Å². The van der Waals surface area contributed by atoms with E-state index in [0.717, 1.165) is 37.3 Å². The Morgan fingerprint density at radius 2 is 2.04 bits per heavy atom. The molecular formula is C21H33BrN6. The number of guanidine groups is 2. The maximum atomic E-state index is 5.79. The van der Waals surface area contributed by atoms with E-state index in [4.69, 9.17) is 5.73 Å². The molecule has 0 spiro atoms. The largest absolute Gasteiger partial charge is 0.368 e. The fourth-order valence-corrected chi connectivity index (χ4v) is 4.61. The molecule has 1 aromatic rings. The predicted molar refractivity (Wildman–Crippen MR) is 121 cm³/mol. The van der Waals surface area contributed by atoms with Gasteiger partial charge in [0.25, 0.3) is 0 Å². The Bertz CT molecular complexity index is 687. The van der Waals surface area contributed by atoms with Crippen molar-refractivity contribution in [2.24, 2.45) is 21.6 Å². The summed E-state index contributed by atoms with van der Waals surface area (Å²) in [5.74, 6) is 1.84. The lowest BCUT2D eigenvalue weighted by atomic mass is 9.97. The molecule has 2 aliphatic heterocycles. The summed E-state index contributed by atoms with van der Waals surface area (Å²) in [5, 5.41) is 4.19. The Morgan fingerprint density at radius 1 is 1.29 bits per heavy atom. The van der Waals surface area contributed by atoms with Crippen LogP contribution in [-0.2, 0) is 11.8 Å². The first kappa shape index (κ1) is 21.1. The van der Waals surface area contributed by atoms with Crippen LogP contribution in [0.5, 0.6) is 0 Å². The maximum absolute atomic E-state index is 5.79. The van der Waals surface area contributed by atoms with E-state index in [2.05, 4.69) is 79.3 Å². The van der Waals surface area contributed by atoms with Crippen LogP contribution in [0.1, 0.15) is 37.3 Å². The summed E-state index contributed by atoms with van der Waals surface area (Å²) in [7, 11) is 2.28. The summed E-state index contributed by atoms with van der Waals surface area (Å²) in [6.07, 6.45) is 4.73. The minimum absolute atomic E-state index is 0.378. The van der Waals surface area contributed by atoms with Crippen molar-refractivity contribution < 1.29 is 0 Å². The molecule has 3 rings (SSSR count). The van der Waals surface area contributed by atoms with Gasteiger partial charge in [-0.3, -0.25) is 0 Å². The van der Waals surface area contributed by atoms with Gasteiger partial charge in [0.15, 0.2) is 0 Å². The number of hydrogen-bond donors (Lipinski definition) is 2. The zero-order chi connectivity index (χ0) is 19.9. The van der Waals surface area contributed by atoms with Crippen molar-refractivity contribution >= 4 is 27.8 Å². The van der Waals surface area contributed by atoms with Crippen molar-refractivity contribution in [1.82, 2.24) is 15.1 Å². The third kappa shape index (κ3) is 5.70. The number of nitrogens with two attached hydrogens (primary N) is 1. The summed E-state index contributed by atoms with van der Waals surface area (Å²) in [4.78, 5) is 13.4. The van der Waals surface area contributed by atoms with E-state index in [-0.39, 0.29) is 0 Å². The number of likely N-dealkylation sites (tertiary alicyclic amines) is 1. The predicted octanol–water partition coefficient (Wildman–Crippen LogP) is 2.78. The second-order valence-electron chi connectivity index (χ2n) is 7.95. The Kier molecular flexibility index (Phi) is 7.73. The van der Waals surface area contributed by atoms with E-state index < -0.39 is 0 Å². The van der Waals surface area contributed by atoms with E-state index in [1.54, 1.807) is 0 Å². The lowest BCUT2D eigenvalue weighted by Crippen LogP contribution is -2.47. The number of alkyl halides is 1. The monoisotopic (exact) mass is 448 g/mol. The molecule has 154 valence electrons. The highest BCUT2D eigenvalue weighted by atomic mass is 79.9. The van der Waals surface area contributed by atoms with Crippen molar-refractivity contribution in [2.75, 3.05) is 33.4 Å². The topological polar surface area (TPSA) is 69.2 Å². The molecule has 1 fully saturated rings. The highest BCUT2D eigenvalue weighted by molar-refractivity contribution is 9.08. The molecule has 0 aromatic heterocycles. The second-order valence-corrected chi connectivity index (χ2v) is 8.51. The number of rotatable bonds is 6. The van der Waals surface area contributed by atoms with Crippen LogP contribution < -0.4 is 11.1 Å². The molecule has 0 bridgehead atoms. The molecule has 2 unspecified atom stereocenters. The molecule has 6 nitrogen and oxygen atoms in total. The molecule has 7 heteroatoms. The number of nitrogens with zero attached hydrogens (tertiary/aromatic N) is 4. The first-order valence-corrected chi connectivity index (χ1v) is 11.4. The molecule has 0 amide bonds. The fourth-order valence-electron chi connectivity index (χ4n) is 4.23. The standard InChI is InChI=1S/C21H33BrN6/c1-16-14-28(21-25-15-24-20(23)26-21)12-4-6-19(16)27(2)11-3-5-17-7-9-18(13-22)10-8-17/h7-10,16,19H,3-6,11-15H2,1-2H3,(H3,23,24,25,26). The molecule has 1 saturated heterocycles. The zero-order valence-corrected chi connectivity index (χ0v) is 18.7. The maximum Gasteiger partial charge on any atom is 0.220 e.